The number of hydrogen-bond acceptors (Lipinski definition) is 7. The van der Waals surface area contributed by atoms with Gasteiger partial charge in [0.2, 0.25) is 11.7 Å². The van der Waals surface area contributed by atoms with Crippen LogP contribution in [0, 0.1) is 6.92 Å². The van der Waals surface area contributed by atoms with E-state index in [9.17, 15) is 4.79 Å². The summed E-state index contributed by atoms with van der Waals surface area (Å²) in [6, 6.07) is 7.11. The molecule has 0 radical (unpaired) electrons. The highest BCUT2D eigenvalue weighted by Crippen LogP contribution is 2.19. The predicted octanol–water partition coefficient (Wildman–Crippen LogP) is 2.43. The Morgan fingerprint density at radius 1 is 1.17 bits per heavy atom. The van der Waals surface area contributed by atoms with Crippen molar-refractivity contribution in [1.29, 1.82) is 0 Å². The van der Waals surface area contributed by atoms with Crippen molar-refractivity contribution in [1.82, 2.24) is 30.3 Å². The summed E-state index contributed by atoms with van der Waals surface area (Å²) in [7, 11) is 0. The van der Waals surface area contributed by atoms with Gasteiger partial charge in [-0.3, -0.25) is 4.98 Å². The van der Waals surface area contributed by atoms with Crippen LogP contribution in [0.3, 0.4) is 0 Å². The first-order valence-corrected chi connectivity index (χ1v) is 9.58. The molecular weight excluding hydrogens is 370 g/mol. The van der Waals surface area contributed by atoms with Gasteiger partial charge in [0.05, 0.1) is 0 Å². The van der Waals surface area contributed by atoms with E-state index in [0.717, 1.165) is 30.0 Å². The van der Waals surface area contributed by atoms with Crippen LogP contribution >= 0.6 is 0 Å². The molecule has 4 rings (SSSR count). The Morgan fingerprint density at radius 3 is 2.69 bits per heavy atom. The van der Waals surface area contributed by atoms with E-state index < -0.39 is 6.04 Å². The lowest BCUT2D eigenvalue weighted by molar-refractivity contribution is 0.188. The first-order chi connectivity index (χ1) is 14.1. The summed E-state index contributed by atoms with van der Waals surface area (Å²) in [4.78, 5) is 29.5. The Morgan fingerprint density at radius 2 is 1.97 bits per heavy atom. The normalized spacial score (nSPS) is 15.2. The van der Waals surface area contributed by atoms with Crippen molar-refractivity contribution in [3.63, 3.8) is 0 Å². The highest BCUT2D eigenvalue weighted by molar-refractivity contribution is 5.75. The molecule has 9 heteroatoms. The average molecular weight is 393 g/mol. The Bertz CT molecular complexity index is 968. The number of piperazine rings is 1. The van der Waals surface area contributed by atoms with E-state index in [-0.39, 0.29) is 6.03 Å². The van der Waals surface area contributed by atoms with Crippen molar-refractivity contribution in [3.8, 4) is 11.4 Å². The molecule has 0 bridgehead atoms. The highest BCUT2D eigenvalue weighted by Gasteiger charge is 2.25. The Kier molecular flexibility index (Phi) is 5.37. The van der Waals surface area contributed by atoms with Gasteiger partial charge in [0.15, 0.2) is 0 Å². The average Bonchev–Trinajstić information content (AvgIpc) is 3.25. The lowest BCUT2D eigenvalue weighted by Crippen LogP contribution is -2.52. The molecule has 29 heavy (non-hydrogen) atoms. The minimum absolute atomic E-state index is 0.143. The van der Waals surface area contributed by atoms with Crippen LogP contribution in [-0.2, 0) is 0 Å². The molecule has 9 nitrogen and oxygen atoms in total. The summed E-state index contributed by atoms with van der Waals surface area (Å²) in [6.07, 6.45) is 5.15. The number of amides is 2. The van der Waals surface area contributed by atoms with Crippen LogP contribution < -0.4 is 10.2 Å². The van der Waals surface area contributed by atoms with E-state index in [1.54, 1.807) is 23.5 Å². The van der Waals surface area contributed by atoms with E-state index >= 15 is 0 Å². The summed E-state index contributed by atoms with van der Waals surface area (Å²) >= 11 is 0. The molecule has 1 aliphatic heterocycles. The van der Waals surface area contributed by atoms with Gasteiger partial charge in [-0.05, 0) is 37.6 Å². The van der Waals surface area contributed by atoms with E-state index in [1.807, 2.05) is 38.1 Å². The van der Waals surface area contributed by atoms with Crippen molar-refractivity contribution < 1.29 is 9.32 Å². The van der Waals surface area contributed by atoms with E-state index in [4.69, 9.17) is 4.52 Å². The van der Waals surface area contributed by atoms with Gasteiger partial charge in [0.1, 0.15) is 11.9 Å². The fraction of sp³-hybridized carbons (Fsp3) is 0.350. The molecule has 0 aromatic carbocycles. The number of aromatic nitrogens is 4. The monoisotopic (exact) mass is 393 g/mol. The summed E-state index contributed by atoms with van der Waals surface area (Å²) in [5.74, 6) is 1.79. The third-order valence-corrected chi connectivity index (χ3v) is 4.92. The summed E-state index contributed by atoms with van der Waals surface area (Å²) < 4.78 is 5.32. The fourth-order valence-corrected chi connectivity index (χ4v) is 3.29. The summed E-state index contributed by atoms with van der Waals surface area (Å²) in [5, 5.41) is 6.91. The van der Waals surface area contributed by atoms with E-state index in [2.05, 4.69) is 30.3 Å². The van der Waals surface area contributed by atoms with Crippen LogP contribution in [0.15, 0.2) is 47.4 Å². The van der Waals surface area contributed by atoms with Crippen molar-refractivity contribution in [2.45, 2.75) is 19.9 Å². The standard InChI is InChI=1S/C20H23N7O2/c1-14-5-3-8-22-18(14)26-9-11-27(12-10-26)20(28)23-15(2)19-24-17(25-29-19)16-6-4-7-21-13-16/h3-8,13,15H,9-12H2,1-2H3,(H,23,28)/t15-/m0/s1. The largest absolute Gasteiger partial charge is 0.353 e. The SMILES string of the molecule is Cc1cccnc1N1CCN(C(=O)N[C@@H](C)c2nc(-c3cccnc3)no2)CC1. The van der Waals surface area contributed by atoms with Gasteiger partial charge in [-0.2, -0.15) is 4.98 Å². The molecule has 1 saturated heterocycles. The minimum Gasteiger partial charge on any atom is -0.353 e. The van der Waals surface area contributed by atoms with Gasteiger partial charge in [-0.25, -0.2) is 9.78 Å². The van der Waals surface area contributed by atoms with Gasteiger partial charge in [-0.15, -0.1) is 0 Å². The smallest absolute Gasteiger partial charge is 0.318 e. The fourth-order valence-electron chi connectivity index (χ4n) is 3.29. The second kappa shape index (κ2) is 8.26. The maximum Gasteiger partial charge on any atom is 0.318 e. The number of anilines is 1. The molecule has 0 spiro atoms. The molecule has 1 N–H and O–H groups in total. The molecule has 2 amide bonds. The molecular formula is C20H23N7O2. The molecule has 1 atom stereocenters. The molecule has 3 aromatic heterocycles. The number of rotatable bonds is 4. The van der Waals surface area contributed by atoms with Crippen molar-refractivity contribution in [2.24, 2.45) is 0 Å². The van der Waals surface area contributed by atoms with Crippen molar-refractivity contribution >= 4 is 11.8 Å². The molecule has 3 aromatic rings. The zero-order chi connectivity index (χ0) is 20.2. The third kappa shape index (κ3) is 4.18. The quantitative estimate of drug-likeness (QED) is 0.726. The molecule has 0 aliphatic carbocycles. The maximum atomic E-state index is 12.6. The van der Waals surface area contributed by atoms with Crippen LogP contribution in [-0.4, -0.2) is 57.2 Å². The first-order valence-electron chi connectivity index (χ1n) is 9.58. The molecule has 0 unspecified atom stereocenters. The lowest BCUT2D eigenvalue weighted by Gasteiger charge is -2.36. The summed E-state index contributed by atoms with van der Waals surface area (Å²) in [5.41, 5.74) is 1.90. The molecule has 150 valence electrons. The molecule has 4 heterocycles. The third-order valence-electron chi connectivity index (χ3n) is 4.92. The van der Waals surface area contributed by atoms with E-state index in [1.165, 1.54) is 0 Å². The van der Waals surface area contributed by atoms with Crippen molar-refractivity contribution in [3.05, 3.63) is 54.3 Å². The Labute approximate surface area is 168 Å². The lowest BCUT2D eigenvalue weighted by atomic mass is 10.2. The van der Waals surface area contributed by atoms with E-state index in [0.29, 0.717) is 24.8 Å². The highest BCUT2D eigenvalue weighted by atomic mass is 16.5. The number of hydrogen-bond donors (Lipinski definition) is 1. The number of carbonyl (C=O) groups excluding carboxylic acids is 1. The second-order valence-electron chi connectivity index (χ2n) is 6.99. The van der Waals surface area contributed by atoms with Crippen molar-refractivity contribution in [2.75, 3.05) is 31.1 Å². The number of pyridine rings is 2. The van der Waals surface area contributed by atoms with Gasteiger partial charge >= 0.3 is 6.03 Å². The Hall–Kier alpha value is -3.49. The zero-order valence-corrected chi connectivity index (χ0v) is 16.4. The number of nitrogens with one attached hydrogen (secondary N) is 1. The van der Waals surface area contributed by atoms with Crippen LogP contribution in [0.25, 0.3) is 11.4 Å². The number of aryl methyl sites for hydroxylation is 1. The van der Waals surface area contributed by atoms with Gasteiger partial charge in [-0.1, -0.05) is 11.2 Å². The number of urea groups is 1. The molecule has 1 fully saturated rings. The van der Waals surface area contributed by atoms with Gasteiger partial charge < -0.3 is 19.6 Å². The second-order valence-corrected chi connectivity index (χ2v) is 6.99. The maximum absolute atomic E-state index is 12.6. The van der Waals surface area contributed by atoms with Gasteiger partial charge in [0.25, 0.3) is 0 Å². The minimum atomic E-state index is -0.392. The van der Waals surface area contributed by atoms with Crippen LogP contribution in [0.1, 0.15) is 24.4 Å². The van der Waals surface area contributed by atoms with Crippen LogP contribution in [0.2, 0.25) is 0 Å². The number of nitrogens with zero attached hydrogens (tertiary/aromatic N) is 6. The first kappa shape index (κ1) is 18.9. The summed E-state index contributed by atoms with van der Waals surface area (Å²) in [6.45, 7) is 6.61. The predicted molar refractivity (Wildman–Crippen MR) is 107 cm³/mol. The zero-order valence-electron chi connectivity index (χ0n) is 16.4. The topological polar surface area (TPSA) is 100 Å². The molecule has 0 saturated carbocycles. The Balaban J connectivity index is 1.33. The number of carbonyl (C=O) groups is 1. The molecule has 1 aliphatic rings. The van der Waals surface area contributed by atoms with Crippen LogP contribution in [0.4, 0.5) is 10.6 Å². The van der Waals surface area contributed by atoms with Gasteiger partial charge in [0, 0.05) is 50.3 Å². The van der Waals surface area contributed by atoms with Crippen LogP contribution in [0.5, 0.6) is 0 Å².